The van der Waals surface area contributed by atoms with Crippen LogP contribution in [0.5, 0.6) is 5.75 Å². The van der Waals surface area contributed by atoms with Gasteiger partial charge in [-0.05, 0) is 37.1 Å². The molecule has 0 radical (unpaired) electrons. The average molecular weight is 245 g/mol. The van der Waals surface area contributed by atoms with Crippen molar-refractivity contribution in [1.82, 2.24) is 5.32 Å². The lowest BCUT2D eigenvalue weighted by molar-refractivity contribution is -0.122. The van der Waals surface area contributed by atoms with Crippen LogP contribution in [0.2, 0.25) is 0 Å². The van der Waals surface area contributed by atoms with Crippen LogP contribution in [0.25, 0.3) is 0 Å². The molecule has 1 amide bonds. The maximum atomic E-state index is 11.3. The molecule has 0 aliphatic rings. The molecule has 1 N–H and O–H groups in total. The highest BCUT2D eigenvalue weighted by atomic mass is 16.5. The highest BCUT2D eigenvalue weighted by Gasteiger charge is 2.08. The summed E-state index contributed by atoms with van der Waals surface area (Å²) < 4.78 is 5.43. The van der Waals surface area contributed by atoms with Crippen molar-refractivity contribution in [3.8, 4) is 18.1 Å². The third-order valence-corrected chi connectivity index (χ3v) is 2.35. The van der Waals surface area contributed by atoms with E-state index in [0.29, 0.717) is 11.3 Å². The number of hydrogen-bond acceptors (Lipinski definition) is 3. The van der Waals surface area contributed by atoms with Gasteiger partial charge in [0.25, 0.3) is 5.91 Å². The van der Waals surface area contributed by atoms with Crippen molar-refractivity contribution < 1.29 is 14.3 Å². The van der Waals surface area contributed by atoms with E-state index in [1.807, 2.05) is 13.8 Å². The molecule has 0 saturated carbocycles. The van der Waals surface area contributed by atoms with E-state index in [2.05, 4.69) is 11.2 Å². The van der Waals surface area contributed by atoms with E-state index in [1.165, 1.54) is 0 Å². The Kier molecular flexibility index (Phi) is 4.94. The minimum atomic E-state index is -0.272. The predicted molar refractivity (Wildman–Crippen MR) is 68.6 cm³/mol. The molecule has 0 aliphatic carbocycles. The second kappa shape index (κ2) is 6.45. The number of rotatable bonds is 5. The summed E-state index contributed by atoms with van der Waals surface area (Å²) in [7, 11) is 0. The second-order valence-electron chi connectivity index (χ2n) is 3.87. The van der Waals surface area contributed by atoms with Crippen LogP contribution in [0.15, 0.2) is 12.1 Å². The molecule has 1 aromatic carbocycles. The number of amides is 1. The number of hydrogen-bond donors (Lipinski definition) is 1. The number of carbonyl (C=O) groups is 2. The largest absolute Gasteiger partial charge is 0.483 e. The van der Waals surface area contributed by atoms with Gasteiger partial charge in [0.1, 0.15) is 12.0 Å². The van der Waals surface area contributed by atoms with E-state index in [9.17, 15) is 9.59 Å². The summed E-state index contributed by atoms with van der Waals surface area (Å²) in [6.07, 6.45) is 5.81. The number of benzene rings is 1. The first kappa shape index (κ1) is 13.8. The fourth-order valence-electron chi connectivity index (χ4n) is 1.62. The Hall–Kier alpha value is -2.28. The van der Waals surface area contributed by atoms with Gasteiger partial charge in [0.15, 0.2) is 6.61 Å². The number of aryl methyl sites for hydroxylation is 2. The van der Waals surface area contributed by atoms with Crippen molar-refractivity contribution in [2.45, 2.75) is 13.8 Å². The topological polar surface area (TPSA) is 55.4 Å². The van der Waals surface area contributed by atoms with E-state index >= 15 is 0 Å². The van der Waals surface area contributed by atoms with Crippen LogP contribution in [0.4, 0.5) is 0 Å². The van der Waals surface area contributed by atoms with Crippen LogP contribution < -0.4 is 10.1 Å². The normalized spacial score (nSPS) is 9.39. The maximum Gasteiger partial charge on any atom is 0.258 e. The standard InChI is InChI=1S/C14H15NO3/c1-4-5-15-13(17)9-18-14-10(2)6-12(8-16)7-11(14)3/h1,6-8H,5,9H2,2-3H3,(H,15,17). The fourth-order valence-corrected chi connectivity index (χ4v) is 1.62. The summed E-state index contributed by atoms with van der Waals surface area (Å²) in [6, 6.07) is 3.43. The van der Waals surface area contributed by atoms with Crippen LogP contribution in [0.3, 0.4) is 0 Å². The van der Waals surface area contributed by atoms with E-state index in [4.69, 9.17) is 11.2 Å². The first-order valence-electron chi connectivity index (χ1n) is 5.48. The molecular formula is C14H15NO3. The van der Waals surface area contributed by atoms with Crippen molar-refractivity contribution >= 4 is 12.2 Å². The Labute approximate surface area is 106 Å². The maximum absolute atomic E-state index is 11.3. The predicted octanol–water partition coefficient (Wildman–Crippen LogP) is 1.24. The molecule has 1 aromatic rings. The molecule has 4 nitrogen and oxygen atoms in total. The Morgan fingerprint density at radius 3 is 2.56 bits per heavy atom. The van der Waals surface area contributed by atoms with Gasteiger partial charge in [0, 0.05) is 5.56 Å². The number of aldehydes is 1. The number of nitrogens with one attached hydrogen (secondary N) is 1. The molecule has 0 aliphatic heterocycles. The zero-order valence-corrected chi connectivity index (χ0v) is 10.4. The van der Waals surface area contributed by atoms with Gasteiger partial charge in [-0.3, -0.25) is 9.59 Å². The smallest absolute Gasteiger partial charge is 0.258 e. The monoisotopic (exact) mass is 245 g/mol. The minimum Gasteiger partial charge on any atom is -0.483 e. The lowest BCUT2D eigenvalue weighted by atomic mass is 10.1. The molecule has 0 fully saturated rings. The fraction of sp³-hybridized carbons (Fsp3) is 0.286. The number of terminal acetylenes is 1. The quantitative estimate of drug-likeness (QED) is 0.627. The van der Waals surface area contributed by atoms with Gasteiger partial charge in [-0.2, -0.15) is 0 Å². The molecule has 0 unspecified atom stereocenters. The van der Waals surface area contributed by atoms with E-state index in [-0.39, 0.29) is 19.1 Å². The Balaban J connectivity index is 2.71. The Morgan fingerprint density at radius 2 is 2.06 bits per heavy atom. The van der Waals surface area contributed by atoms with Crippen LogP contribution in [0.1, 0.15) is 21.5 Å². The average Bonchev–Trinajstić information content (AvgIpc) is 2.34. The molecule has 1 rings (SSSR count). The minimum absolute atomic E-state index is 0.0935. The van der Waals surface area contributed by atoms with Gasteiger partial charge in [-0.15, -0.1) is 6.42 Å². The SMILES string of the molecule is C#CCNC(=O)COc1c(C)cc(C=O)cc1C. The third-order valence-electron chi connectivity index (χ3n) is 2.35. The number of carbonyl (C=O) groups excluding carboxylic acids is 2. The molecule has 0 bridgehead atoms. The van der Waals surface area contributed by atoms with Crippen molar-refractivity contribution in [3.05, 3.63) is 28.8 Å². The summed E-state index contributed by atoms with van der Waals surface area (Å²) in [5.74, 6) is 2.66. The van der Waals surface area contributed by atoms with E-state index in [1.54, 1.807) is 12.1 Å². The first-order chi connectivity index (χ1) is 8.58. The summed E-state index contributed by atoms with van der Waals surface area (Å²) in [5, 5.41) is 2.51. The molecule has 0 aromatic heterocycles. The molecular weight excluding hydrogens is 230 g/mol. The van der Waals surface area contributed by atoms with Crippen molar-refractivity contribution in [1.29, 1.82) is 0 Å². The Morgan fingerprint density at radius 1 is 1.44 bits per heavy atom. The zero-order valence-electron chi connectivity index (χ0n) is 10.4. The lowest BCUT2D eigenvalue weighted by Crippen LogP contribution is -2.29. The van der Waals surface area contributed by atoms with Crippen LogP contribution >= 0.6 is 0 Å². The second-order valence-corrected chi connectivity index (χ2v) is 3.87. The van der Waals surface area contributed by atoms with Gasteiger partial charge in [-0.25, -0.2) is 0 Å². The molecule has 0 spiro atoms. The third kappa shape index (κ3) is 3.63. The molecule has 18 heavy (non-hydrogen) atoms. The van der Waals surface area contributed by atoms with Gasteiger partial charge in [-0.1, -0.05) is 5.92 Å². The van der Waals surface area contributed by atoms with Gasteiger partial charge < -0.3 is 10.1 Å². The zero-order chi connectivity index (χ0) is 13.5. The van der Waals surface area contributed by atoms with E-state index < -0.39 is 0 Å². The van der Waals surface area contributed by atoms with Gasteiger partial charge in [0.05, 0.1) is 6.54 Å². The number of ether oxygens (including phenoxy) is 1. The van der Waals surface area contributed by atoms with Crippen molar-refractivity contribution in [3.63, 3.8) is 0 Å². The highest BCUT2D eigenvalue weighted by molar-refractivity contribution is 5.78. The van der Waals surface area contributed by atoms with Crippen LogP contribution in [-0.2, 0) is 4.79 Å². The molecule has 4 heteroatoms. The summed E-state index contributed by atoms with van der Waals surface area (Å²) in [4.78, 5) is 22.0. The summed E-state index contributed by atoms with van der Waals surface area (Å²) in [6.45, 7) is 3.75. The van der Waals surface area contributed by atoms with Gasteiger partial charge >= 0.3 is 0 Å². The van der Waals surface area contributed by atoms with Gasteiger partial charge in [0.2, 0.25) is 0 Å². The molecule has 94 valence electrons. The van der Waals surface area contributed by atoms with Crippen LogP contribution in [-0.4, -0.2) is 25.3 Å². The molecule has 0 saturated heterocycles. The first-order valence-corrected chi connectivity index (χ1v) is 5.48. The highest BCUT2D eigenvalue weighted by Crippen LogP contribution is 2.24. The van der Waals surface area contributed by atoms with Crippen molar-refractivity contribution in [2.75, 3.05) is 13.2 Å². The van der Waals surface area contributed by atoms with Crippen LogP contribution in [0, 0.1) is 26.2 Å². The van der Waals surface area contributed by atoms with Crippen molar-refractivity contribution in [2.24, 2.45) is 0 Å². The molecule has 0 heterocycles. The summed E-state index contributed by atoms with van der Waals surface area (Å²) >= 11 is 0. The van der Waals surface area contributed by atoms with E-state index in [0.717, 1.165) is 17.4 Å². The lowest BCUT2D eigenvalue weighted by Gasteiger charge is -2.12. The summed E-state index contributed by atoms with van der Waals surface area (Å²) in [5.41, 5.74) is 2.23. The Bertz CT molecular complexity index is 477. The molecule has 0 atom stereocenters.